The zero-order valence-electron chi connectivity index (χ0n) is 36.7. The lowest BCUT2D eigenvalue weighted by Gasteiger charge is -2.17. The minimum Gasteiger partial charge on any atom is -0.309 e. The van der Waals surface area contributed by atoms with Crippen LogP contribution in [0.15, 0.2) is 231 Å². The van der Waals surface area contributed by atoms with Gasteiger partial charge in [-0.05, 0) is 115 Å². The third kappa shape index (κ3) is 5.43. The molecule has 0 bridgehead atoms. The highest BCUT2D eigenvalue weighted by Crippen LogP contribution is 2.43. The van der Waals surface area contributed by atoms with Gasteiger partial charge in [0.15, 0.2) is 0 Å². The average molecular weight is 863 g/mol. The fourth-order valence-electron chi connectivity index (χ4n) is 11.3. The standard InChI is InChI=1S/C64H38N4/c1-4-16-48-39(13-1)25-26-41-27-28-44(35-54(41)48)62-63(66-58-22-10-9-21-57(58)65-62)56-38-47(33-43-15-3-5-17-49(43)56)67-59-23-11-8-20-52(59)55-36-45-34-46(31-29-42(45)37-61(55)67)68-60-24-12-7-19-51(60)53-32-30-40-14-2-6-18-50(40)64(53)68/h1-38H. The van der Waals surface area contributed by atoms with Crippen molar-refractivity contribution in [2.45, 2.75) is 0 Å². The molecule has 3 aromatic heterocycles. The Kier molecular flexibility index (Phi) is 7.75. The molecule has 0 amide bonds. The smallest absolute Gasteiger partial charge is 0.0980 e. The number of rotatable bonds is 4. The van der Waals surface area contributed by atoms with Crippen LogP contribution in [0.1, 0.15) is 0 Å². The van der Waals surface area contributed by atoms with Crippen LogP contribution in [0.25, 0.3) is 142 Å². The predicted octanol–water partition coefficient (Wildman–Crippen LogP) is 16.9. The van der Waals surface area contributed by atoms with Crippen LogP contribution in [0.3, 0.4) is 0 Å². The molecule has 68 heavy (non-hydrogen) atoms. The van der Waals surface area contributed by atoms with Crippen molar-refractivity contribution in [3.05, 3.63) is 231 Å². The first kappa shape index (κ1) is 37.1. The Morgan fingerprint density at radius 3 is 1.62 bits per heavy atom. The van der Waals surface area contributed by atoms with Gasteiger partial charge in [-0.3, -0.25) is 0 Å². The Balaban J connectivity index is 0.964. The van der Waals surface area contributed by atoms with E-state index in [0.717, 1.165) is 66.7 Å². The van der Waals surface area contributed by atoms with Crippen LogP contribution in [-0.4, -0.2) is 19.1 Å². The highest BCUT2D eigenvalue weighted by molar-refractivity contribution is 6.19. The molecule has 4 heteroatoms. The van der Waals surface area contributed by atoms with Gasteiger partial charge in [0.1, 0.15) is 0 Å². The molecular formula is C64H38N4. The van der Waals surface area contributed by atoms with Crippen molar-refractivity contribution in [2.24, 2.45) is 0 Å². The van der Waals surface area contributed by atoms with Crippen LogP contribution in [0.4, 0.5) is 0 Å². The molecule has 0 atom stereocenters. The molecule has 15 aromatic rings. The fraction of sp³-hybridized carbons (Fsp3) is 0. The van der Waals surface area contributed by atoms with Gasteiger partial charge in [-0.2, -0.15) is 0 Å². The molecule has 0 saturated carbocycles. The van der Waals surface area contributed by atoms with Crippen molar-refractivity contribution in [2.75, 3.05) is 0 Å². The van der Waals surface area contributed by atoms with Gasteiger partial charge in [0.2, 0.25) is 0 Å². The number of benzene rings is 12. The molecule has 0 aliphatic carbocycles. The van der Waals surface area contributed by atoms with Crippen molar-refractivity contribution >= 4 is 109 Å². The Morgan fingerprint density at radius 1 is 0.265 bits per heavy atom. The van der Waals surface area contributed by atoms with Crippen molar-refractivity contribution in [3.8, 4) is 33.9 Å². The largest absolute Gasteiger partial charge is 0.309 e. The van der Waals surface area contributed by atoms with Gasteiger partial charge in [-0.15, -0.1) is 0 Å². The first-order valence-electron chi connectivity index (χ1n) is 23.3. The number of aromatic nitrogens is 4. The first-order valence-corrected chi connectivity index (χ1v) is 23.3. The lowest BCUT2D eigenvalue weighted by molar-refractivity contribution is 1.18. The monoisotopic (exact) mass is 862 g/mol. The number of nitrogens with zero attached hydrogens (tertiary/aromatic N) is 4. The third-order valence-electron chi connectivity index (χ3n) is 14.4. The van der Waals surface area contributed by atoms with Crippen molar-refractivity contribution in [1.82, 2.24) is 19.1 Å². The summed E-state index contributed by atoms with van der Waals surface area (Å²) < 4.78 is 4.91. The van der Waals surface area contributed by atoms with E-state index >= 15 is 0 Å². The van der Waals surface area contributed by atoms with Crippen LogP contribution in [0.5, 0.6) is 0 Å². The van der Waals surface area contributed by atoms with Crippen molar-refractivity contribution in [3.63, 3.8) is 0 Å². The lowest BCUT2D eigenvalue weighted by atomic mass is 9.95. The van der Waals surface area contributed by atoms with Gasteiger partial charge < -0.3 is 9.13 Å². The summed E-state index contributed by atoms with van der Waals surface area (Å²) in [6.45, 7) is 0. The van der Waals surface area contributed by atoms with E-state index < -0.39 is 0 Å². The maximum atomic E-state index is 5.51. The third-order valence-corrected chi connectivity index (χ3v) is 14.4. The molecule has 0 aliphatic rings. The molecule has 314 valence electrons. The lowest BCUT2D eigenvalue weighted by Crippen LogP contribution is -1.99. The van der Waals surface area contributed by atoms with Crippen LogP contribution >= 0.6 is 0 Å². The van der Waals surface area contributed by atoms with Crippen molar-refractivity contribution in [1.29, 1.82) is 0 Å². The molecule has 0 spiro atoms. The molecule has 12 aromatic carbocycles. The van der Waals surface area contributed by atoms with Gasteiger partial charge in [-0.25, -0.2) is 9.97 Å². The van der Waals surface area contributed by atoms with E-state index in [-0.39, 0.29) is 0 Å². The maximum Gasteiger partial charge on any atom is 0.0980 e. The Hall–Kier alpha value is -9.12. The number of para-hydroxylation sites is 4. The van der Waals surface area contributed by atoms with Gasteiger partial charge in [0, 0.05) is 49.4 Å². The van der Waals surface area contributed by atoms with Gasteiger partial charge in [0.25, 0.3) is 0 Å². The summed E-state index contributed by atoms with van der Waals surface area (Å²) >= 11 is 0. The average Bonchev–Trinajstić information content (AvgIpc) is 3.92. The highest BCUT2D eigenvalue weighted by atomic mass is 15.0. The quantitative estimate of drug-likeness (QED) is 0.165. The summed E-state index contributed by atoms with van der Waals surface area (Å²) in [5, 5.41) is 16.9. The molecule has 0 radical (unpaired) electrons. The molecular weight excluding hydrogens is 825 g/mol. The van der Waals surface area contributed by atoms with E-state index in [9.17, 15) is 0 Å². The SMILES string of the molecule is c1ccc2c(-c3nc4ccccc4nc3-c3ccc4ccc5ccccc5c4c3)cc(-n3c4ccccc4c4cc5cc(-n6c7ccccc7c7ccc8ccccc8c76)ccc5cc43)cc2c1. The van der Waals surface area contributed by atoms with Crippen LogP contribution in [0.2, 0.25) is 0 Å². The van der Waals surface area contributed by atoms with E-state index in [4.69, 9.17) is 9.97 Å². The zero-order chi connectivity index (χ0) is 44.5. The number of hydrogen-bond donors (Lipinski definition) is 0. The normalized spacial score (nSPS) is 12.1. The van der Waals surface area contributed by atoms with Gasteiger partial charge in [-0.1, -0.05) is 164 Å². The summed E-state index contributed by atoms with van der Waals surface area (Å²) in [5.41, 5.74) is 12.5. The minimum absolute atomic E-state index is 0.859. The second-order valence-corrected chi connectivity index (χ2v) is 18.1. The van der Waals surface area contributed by atoms with E-state index in [1.807, 2.05) is 12.1 Å². The van der Waals surface area contributed by atoms with E-state index in [1.54, 1.807) is 0 Å². The van der Waals surface area contributed by atoms with Crippen LogP contribution < -0.4 is 0 Å². The second kappa shape index (κ2) is 14.2. The first-order chi connectivity index (χ1) is 33.7. The second-order valence-electron chi connectivity index (χ2n) is 18.1. The molecule has 0 saturated heterocycles. The minimum atomic E-state index is 0.859. The molecule has 15 rings (SSSR count). The fourth-order valence-corrected chi connectivity index (χ4v) is 11.3. The van der Waals surface area contributed by atoms with E-state index in [2.05, 4.69) is 228 Å². The van der Waals surface area contributed by atoms with Crippen molar-refractivity contribution < 1.29 is 0 Å². The Bertz CT molecular complexity index is 4630. The Morgan fingerprint density at radius 2 is 0.824 bits per heavy atom. The highest BCUT2D eigenvalue weighted by Gasteiger charge is 2.21. The number of fused-ring (bicyclic) bond motifs is 14. The van der Waals surface area contributed by atoms with Gasteiger partial charge >= 0.3 is 0 Å². The molecule has 4 nitrogen and oxygen atoms in total. The summed E-state index contributed by atoms with van der Waals surface area (Å²) in [4.78, 5) is 11.0. The maximum absolute atomic E-state index is 5.51. The molecule has 0 fully saturated rings. The molecule has 0 unspecified atom stereocenters. The number of hydrogen-bond acceptors (Lipinski definition) is 2. The van der Waals surface area contributed by atoms with Crippen LogP contribution in [0, 0.1) is 0 Å². The molecule has 0 N–H and O–H groups in total. The summed E-state index contributed by atoms with van der Waals surface area (Å²) in [5.74, 6) is 0. The van der Waals surface area contributed by atoms with Gasteiger partial charge in [0.05, 0.1) is 44.5 Å². The zero-order valence-corrected chi connectivity index (χ0v) is 36.7. The summed E-state index contributed by atoms with van der Waals surface area (Å²) in [7, 11) is 0. The Labute approximate surface area is 390 Å². The molecule has 0 aliphatic heterocycles. The summed E-state index contributed by atoms with van der Waals surface area (Å²) in [6.07, 6.45) is 0. The van der Waals surface area contributed by atoms with E-state index in [0.29, 0.717) is 0 Å². The van der Waals surface area contributed by atoms with Crippen LogP contribution in [-0.2, 0) is 0 Å². The molecule has 3 heterocycles. The predicted molar refractivity (Wildman–Crippen MR) is 287 cm³/mol. The van der Waals surface area contributed by atoms with E-state index in [1.165, 1.54) is 75.7 Å². The summed E-state index contributed by atoms with van der Waals surface area (Å²) in [6, 6.07) is 84.0. The topological polar surface area (TPSA) is 35.6 Å².